The van der Waals surface area contributed by atoms with E-state index in [0.717, 1.165) is 38.9 Å². The highest BCUT2D eigenvalue weighted by Gasteiger charge is 2.20. The van der Waals surface area contributed by atoms with Crippen molar-refractivity contribution in [2.24, 2.45) is 0 Å². The summed E-state index contributed by atoms with van der Waals surface area (Å²) >= 11 is 0. The number of benzene rings is 3. The molecule has 2 nitrogen and oxygen atoms in total. The molecular formula is C21H20O2. The van der Waals surface area contributed by atoms with Gasteiger partial charge in [-0.1, -0.05) is 60.7 Å². The second-order valence-electron chi connectivity index (χ2n) is 5.72. The van der Waals surface area contributed by atoms with E-state index in [9.17, 15) is 10.2 Å². The first-order chi connectivity index (χ1) is 11.1. The largest absolute Gasteiger partial charge is 0.507 e. The van der Waals surface area contributed by atoms with Crippen molar-refractivity contribution >= 4 is 0 Å². The Bertz CT molecular complexity index is 822. The fourth-order valence-electron chi connectivity index (χ4n) is 3.16. The topological polar surface area (TPSA) is 40.5 Å². The van der Waals surface area contributed by atoms with Gasteiger partial charge in [-0.2, -0.15) is 0 Å². The van der Waals surface area contributed by atoms with Gasteiger partial charge in [0.15, 0.2) is 0 Å². The molecule has 2 N–H and O–H groups in total. The van der Waals surface area contributed by atoms with Crippen molar-refractivity contribution in [3.8, 4) is 28.0 Å². The van der Waals surface area contributed by atoms with E-state index < -0.39 is 0 Å². The Morgan fingerprint density at radius 2 is 1.17 bits per heavy atom. The standard InChI is InChI=1S/C21H20O2/c1-14-18(13-22)20(17-11-7-4-8-12-17)19(15(2)21(14)23)16-9-5-3-6-10-16/h3-12,22-23H,13H2,1-2H3. The lowest BCUT2D eigenvalue weighted by Crippen LogP contribution is -2.00. The quantitative estimate of drug-likeness (QED) is 0.727. The summed E-state index contributed by atoms with van der Waals surface area (Å²) in [7, 11) is 0. The second-order valence-corrected chi connectivity index (χ2v) is 5.72. The Morgan fingerprint density at radius 3 is 1.65 bits per heavy atom. The van der Waals surface area contributed by atoms with Crippen molar-refractivity contribution in [3.63, 3.8) is 0 Å². The molecule has 23 heavy (non-hydrogen) atoms. The number of phenolic OH excluding ortho intramolecular Hbond substituents is 1. The molecule has 116 valence electrons. The first kappa shape index (κ1) is 15.3. The Balaban J connectivity index is 2.44. The van der Waals surface area contributed by atoms with Gasteiger partial charge in [-0.05, 0) is 52.8 Å². The minimum atomic E-state index is -0.107. The fraction of sp³-hybridized carbons (Fsp3) is 0.143. The molecule has 0 aliphatic rings. The summed E-state index contributed by atoms with van der Waals surface area (Å²) in [5, 5.41) is 20.5. The Kier molecular flexibility index (Phi) is 4.18. The molecule has 0 saturated heterocycles. The minimum absolute atomic E-state index is 0.107. The average Bonchev–Trinajstić information content (AvgIpc) is 2.61. The van der Waals surface area contributed by atoms with Crippen LogP contribution in [0.25, 0.3) is 22.3 Å². The molecule has 0 unspecified atom stereocenters. The third-order valence-corrected chi connectivity index (χ3v) is 4.37. The van der Waals surface area contributed by atoms with Gasteiger partial charge in [0.05, 0.1) is 6.61 Å². The van der Waals surface area contributed by atoms with Crippen LogP contribution in [0.3, 0.4) is 0 Å². The monoisotopic (exact) mass is 304 g/mol. The normalized spacial score (nSPS) is 10.7. The second kappa shape index (κ2) is 6.27. The number of hydrogen-bond acceptors (Lipinski definition) is 2. The maximum Gasteiger partial charge on any atom is 0.122 e. The number of hydrogen-bond donors (Lipinski definition) is 2. The molecule has 0 aliphatic heterocycles. The minimum Gasteiger partial charge on any atom is -0.507 e. The lowest BCUT2D eigenvalue weighted by molar-refractivity contribution is 0.281. The highest BCUT2D eigenvalue weighted by molar-refractivity contribution is 5.90. The SMILES string of the molecule is Cc1c(O)c(C)c(-c2ccccc2)c(-c2ccccc2)c1CO. The van der Waals surface area contributed by atoms with E-state index in [2.05, 4.69) is 0 Å². The van der Waals surface area contributed by atoms with E-state index in [1.807, 2.05) is 74.5 Å². The van der Waals surface area contributed by atoms with Crippen molar-refractivity contribution in [3.05, 3.63) is 77.4 Å². The van der Waals surface area contributed by atoms with E-state index in [-0.39, 0.29) is 12.4 Å². The highest BCUT2D eigenvalue weighted by Crippen LogP contribution is 2.43. The predicted octanol–water partition coefficient (Wildman–Crippen LogP) is 4.84. The number of aliphatic hydroxyl groups is 1. The molecule has 0 radical (unpaired) electrons. The van der Waals surface area contributed by atoms with Crippen LogP contribution in [0.15, 0.2) is 60.7 Å². The Morgan fingerprint density at radius 1 is 0.696 bits per heavy atom. The van der Waals surface area contributed by atoms with Gasteiger partial charge < -0.3 is 10.2 Å². The summed E-state index contributed by atoms with van der Waals surface area (Å²) in [6.07, 6.45) is 0. The van der Waals surface area contributed by atoms with Crippen molar-refractivity contribution in [2.75, 3.05) is 0 Å². The molecule has 3 aromatic carbocycles. The Labute approximate surface area is 136 Å². The van der Waals surface area contributed by atoms with E-state index in [1.54, 1.807) is 0 Å². The third-order valence-electron chi connectivity index (χ3n) is 4.37. The van der Waals surface area contributed by atoms with Gasteiger partial charge >= 0.3 is 0 Å². The van der Waals surface area contributed by atoms with Crippen LogP contribution in [-0.4, -0.2) is 10.2 Å². The number of rotatable bonds is 3. The van der Waals surface area contributed by atoms with Crippen LogP contribution in [0, 0.1) is 13.8 Å². The predicted molar refractivity (Wildman–Crippen MR) is 94.4 cm³/mol. The number of phenols is 1. The smallest absolute Gasteiger partial charge is 0.122 e. The van der Waals surface area contributed by atoms with Crippen molar-refractivity contribution in [1.82, 2.24) is 0 Å². The first-order valence-electron chi connectivity index (χ1n) is 7.71. The molecule has 0 amide bonds. The van der Waals surface area contributed by atoms with Crippen LogP contribution >= 0.6 is 0 Å². The molecular weight excluding hydrogens is 284 g/mol. The zero-order valence-corrected chi connectivity index (χ0v) is 13.4. The van der Waals surface area contributed by atoms with Gasteiger partial charge in [0.25, 0.3) is 0 Å². The van der Waals surface area contributed by atoms with Gasteiger partial charge in [0.2, 0.25) is 0 Å². The molecule has 0 aromatic heterocycles. The molecule has 0 saturated carbocycles. The molecule has 0 aliphatic carbocycles. The van der Waals surface area contributed by atoms with Gasteiger partial charge in [0.1, 0.15) is 5.75 Å². The van der Waals surface area contributed by atoms with E-state index in [4.69, 9.17) is 0 Å². The zero-order valence-electron chi connectivity index (χ0n) is 13.4. The van der Waals surface area contributed by atoms with Crippen LogP contribution in [0.1, 0.15) is 16.7 Å². The third kappa shape index (κ3) is 2.62. The molecule has 0 spiro atoms. The maximum atomic E-state index is 10.5. The summed E-state index contributed by atoms with van der Waals surface area (Å²) in [5.74, 6) is 0.257. The molecule has 0 fully saturated rings. The van der Waals surface area contributed by atoms with Crippen LogP contribution < -0.4 is 0 Å². The van der Waals surface area contributed by atoms with Gasteiger partial charge in [0, 0.05) is 0 Å². The molecule has 0 bridgehead atoms. The van der Waals surface area contributed by atoms with E-state index in [1.165, 1.54) is 0 Å². The fourth-order valence-corrected chi connectivity index (χ4v) is 3.16. The summed E-state index contributed by atoms with van der Waals surface area (Å²) in [6.45, 7) is 3.68. The average molecular weight is 304 g/mol. The lowest BCUT2D eigenvalue weighted by Gasteiger charge is -2.21. The van der Waals surface area contributed by atoms with Gasteiger partial charge in [-0.15, -0.1) is 0 Å². The number of aliphatic hydroxyl groups excluding tert-OH is 1. The zero-order chi connectivity index (χ0) is 16.4. The van der Waals surface area contributed by atoms with Crippen molar-refractivity contribution in [1.29, 1.82) is 0 Å². The highest BCUT2D eigenvalue weighted by atomic mass is 16.3. The van der Waals surface area contributed by atoms with Crippen LogP contribution in [-0.2, 0) is 6.61 Å². The first-order valence-corrected chi connectivity index (χ1v) is 7.71. The lowest BCUT2D eigenvalue weighted by atomic mass is 9.84. The molecule has 3 aromatic rings. The summed E-state index contributed by atoms with van der Waals surface area (Å²) < 4.78 is 0. The van der Waals surface area contributed by atoms with Crippen LogP contribution in [0.5, 0.6) is 5.75 Å². The molecule has 3 rings (SSSR count). The maximum absolute atomic E-state index is 10.5. The Hall–Kier alpha value is -2.58. The van der Waals surface area contributed by atoms with Crippen molar-refractivity contribution < 1.29 is 10.2 Å². The van der Waals surface area contributed by atoms with Crippen LogP contribution in [0.4, 0.5) is 0 Å². The molecule has 0 heterocycles. The summed E-state index contributed by atoms with van der Waals surface area (Å²) in [4.78, 5) is 0. The van der Waals surface area contributed by atoms with Crippen molar-refractivity contribution in [2.45, 2.75) is 20.5 Å². The van der Waals surface area contributed by atoms with E-state index in [0.29, 0.717) is 0 Å². The van der Waals surface area contributed by atoms with Gasteiger partial charge in [-0.3, -0.25) is 0 Å². The summed E-state index contributed by atoms with van der Waals surface area (Å²) in [5.41, 5.74) is 6.40. The van der Waals surface area contributed by atoms with Gasteiger partial charge in [-0.25, -0.2) is 0 Å². The number of aromatic hydroxyl groups is 1. The van der Waals surface area contributed by atoms with Crippen LogP contribution in [0.2, 0.25) is 0 Å². The summed E-state index contributed by atoms with van der Waals surface area (Å²) in [6, 6.07) is 20.0. The molecule has 0 atom stereocenters. The van der Waals surface area contributed by atoms with E-state index >= 15 is 0 Å². The molecule has 2 heteroatoms.